The Hall–Kier alpha value is -1.06. The molecule has 0 unspecified atom stereocenters. The van der Waals surface area contributed by atoms with Gasteiger partial charge in [0.2, 0.25) is 0 Å². The van der Waals surface area contributed by atoms with Crippen LogP contribution in [0.2, 0.25) is 0 Å². The molecule has 0 atom stereocenters. The number of unbranched alkanes of at least 4 members (excludes halogenated alkanes) is 5. The zero-order valence-electron chi connectivity index (χ0n) is 7.96. The standard InChI is InChI=1S/C10H16N2O/c11-7-5-3-1-2-4-6-9-13-10-8-12/h1-6,9-10H2. The summed E-state index contributed by atoms with van der Waals surface area (Å²) in [6.07, 6.45) is 6.13. The highest BCUT2D eigenvalue weighted by Crippen LogP contribution is 2.04. The molecule has 0 saturated carbocycles. The van der Waals surface area contributed by atoms with Crippen molar-refractivity contribution in [3.63, 3.8) is 0 Å². The Morgan fingerprint density at radius 1 is 0.846 bits per heavy atom. The van der Waals surface area contributed by atoms with E-state index in [0.717, 1.165) is 32.1 Å². The first-order chi connectivity index (χ1) is 6.41. The minimum absolute atomic E-state index is 0.203. The van der Waals surface area contributed by atoms with Gasteiger partial charge in [0.05, 0.1) is 12.1 Å². The van der Waals surface area contributed by atoms with Crippen LogP contribution >= 0.6 is 0 Å². The second kappa shape index (κ2) is 10.9. The fourth-order valence-corrected chi connectivity index (χ4v) is 1.06. The van der Waals surface area contributed by atoms with E-state index in [4.69, 9.17) is 15.3 Å². The van der Waals surface area contributed by atoms with Gasteiger partial charge in [0, 0.05) is 13.0 Å². The Labute approximate surface area is 79.9 Å². The van der Waals surface area contributed by atoms with E-state index >= 15 is 0 Å². The topological polar surface area (TPSA) is 56.8 Å². The molecule has 0 aliphatic carbocycles. The lowest BCUT2D eigenvalue weighted by Crippen LogP contribution is -1.94. The van der Waals surface area contributed by atoms with Gasteiger partial charge in [-0.15, -0.1) is 0 Å². The largest absolute Gasteiger partial charge is 0.367 e. The summed E-state index contributed by atoms with van der Waals surface area (Å²) in [4.78, 5) is 0. The maximum absolute atomic E-state index is 8.27. The molecule has 0 aliphatic heterocycles. The summed E-state index contributed by atoms with van der Waals surface area (Å²) in [6, 6.07) is 4.05. The third-order valence-corrected chi connectivity index (χ3v) is 1.74. The summed E-state index contributed by atoms with van der Waals surface area (Å²) in [5.41, 5.74) is 0. The van der Waals surface area contributed by atoms with Crippen molar-refractivity contribution in [1.29, 1.82) is 10.5 Å². The van der Waals surface area contributed by atoms with Crippen LogP contribution in [0.5, 0.6) is 0 Å². The van der Waals surface area contributed by atoms with Gasteiger partial charge in [0.1, 0.15) is 6.61 Å². The maximum atomic E-state index is 8.27. The normalized spacial score (nSPS) is 9.08. The molecule has 0 amide bonds. The summed E-state index contributed by atoms with van der Waals surface area (Å²) in [5, 5.41) is 16.4. The number of nitriles is 2. The fraction of sp³-hybridized carbons (Fsp3) is 0.800. The molecule has 0 fully saturated rings. The van der Waals surface area contributed by atoms with E-state index in [1.807, 2.05) is 6.07 Å². The molecule has 0 rings (SSSR count). The Morgan fingerprint density at radius 3 is 2.23 bits per heavy atom. The molecule has 0 saturated heterocycles. The van der Waals surface area contributed by atoms with Crippen LogP contribution < -0.4 is 0 Å². The lowest BCUT2D eigenvalue weighted by Gasteiger charge is -1.99. The monoisotopic (exact) mass is 180 g/mol. The van der Waals surface area contributed by atoms with Gasteiger partial charge in [-0.2, -0.15) is 10.5 Å². The summed E-state index contributed by atoms with van der Waals surface area (Å²) < 4.78 is 5.00. The SMILES string of the molecule is N#CCCCCCCCOCC#N. The van der Waals surface area contributed by atoms with E-state index in [2.05, 4.69) is 6.07 Å². The number of nitrogens with zero attached hydrogens (tertiary/aromatic N) is 2. The van der Waals surface area contributed by atoms with E-state index in [0.29, 0.717) is 13.0 Å². The Kier molecular flexibility index (Phi) is 10.0. The van der Waals surface area contributed by atoms with Crippen LogP contribution in [0.25, 0.3) is 0 Å². The van der Waals surface area contributed by atoms with Gasteiger partial charge in [-0.25, -0.2) is 0 Å². The van der Waals surface area contributed by atoms with E-state index in [1.54, 1.807) is 0 Å². The van der Waals surface area contributed by atoms with Crippen molar-refractivity contribution in [1.82, 2.24) is 0 Å². The van der Waals surface area contributed by atoms with Crippen molar-refractivity contribution in [2.24, 2.45) is 0 Å². The fourth-order valence-electron chi connectivity index (χ4n) is 1.06. The number of ether oxygens (including phenoxy) is 1. The lowest BCUT2D eigenvalue weighted by molar-refractivity contribution is 0.160. The van der Waals surface area contributed by atoms with Crippen LogP contribution in [0.3, 0.4) is 0 Å². The predicted molar refractivity (Wildman–Crippen MR) is 49.7 cm³/mol. The molecule has 13 heavy (non-hydrogen) atoms. The van der Waals surface area contributed by atoms with E-state index < -0.39 is 0 Å². The third kappa shape index (κ3) is 10.9. The first kappa shape index (κ1) is 11.9. The summed E-state index contributed by atoms with van der Waals surface area (Å²) in [7, 11) is 0. The zero-order valence-corrected chi connectivity index (χ0v) is 7.96. The van der Waals surface area contributed by atoms with Crippen molar-refractivity contribution in [2.75, 3.05) is 13.2 Å². The minimum atomic E-state index is 0.203. The number of rotatable bonds is 8. The molecule has 3 heteroatoms. The highest BCUT2D eigenvalue weighted by atomic mass is 16.5. The molecule has 0 aromatic heterocycles. The molecule has 3 nitrogen and oxygen atoms in total. The first-order valence-corrected chi connectivity index (χ1v) is 4.73. The van der Waals surface area contributed by atoms with Gasteiger partial charge >= 0.3 is 0 Å². The van der Waals surface area contributed by atoms with Crippen molar-refractivity contribution < 1.29 is 4.74 Å². The van der Waals surface area contributed by atoms with Crippen LogP contribution in [0.15, 0.2) is 0 Å². The average Bonchev–Trinajstić information content (AvgIpc) is 2.16. The molecule has 0 N–H and O–H groups in total. The summed E-state index contributed by atoms with van der Waals surface area (Å²) in [6.45, 7) is 0.889. The minimum Gasteiger partial charge on any atom is -0.367 e. The highest BCUT2D eigenvalue weighted by Gasteiger charge is 1.90. The smallest absolute Gasteiger partial charge is 0.133 e. The third-order valence-electron chi connectivity index (χ3n) is 1.74. The Morgan fingerprint density at radius 2 is 1.54 bits per heavy atom. The quantitative estimate of drug-likeness (QED) is 0.539. The molecule has 0 aromatic carbocycles. The second-order valence-corrected chi connectivity index (χ2v) is 2.89. The molecular formula is C10H16N2O. The summed E-state index contributed by atoms with van der Waals surface area (Å²) in [5.74, 6) is 0. The molecule has 0 aliphatic rings. The summed E-state index contributed by atoms with van der Waals surface area (Å²) >= 11 is 0. The van der Waals surface area contributed by atoms with Gasteiger partial charge in [-0.1, -0.05) is 19.3 Å². The maximum Gasteiger partial charge on any atom is 0.133 e. The molecule has 0 bridgehead atoms. The number of hydrogen-bond acceptors (Lipinski definition) is 3. The molecular weight excluding hydrogens is 164 g/mol. The number of hydrogen-bond donors (Lipinski definition) is 0. The van der Waals surface area contributed by atoms with Gasteiger partial charge < -0.3 is 4.74 Å². The van der Waals surface area contributed by atoms with Crippen molar-refractivity contribution in [3.05, 3.63) is 0 Å². The molecule has 72 valence electrons. The first-order valence-electron chi connectivity index (χ1n) is 4.73. The lowest BCUT2D eigenvalue weighted by atomic mass is 10.1. The second-order valence-electron chi connectivity index (χ2n) is 2.89. The Balaban J connectivity index is 2.85. The van der Waals surface area contributed by atoms with Crippen LogP contribution in [0.1, 0.15) is 38.5 Å². The van der Waals surface area contributed by atoms with Crippen molar-refractivity contribution >= 4 is 0 Å². The van der Waals surface area contributed by atoms with E-state index in [-0.39, 0.29) is 6.61 Å². The van der Waals surface area contributed by atoms with Gasteiger partial charge in [0.25, 0.3) is 0 Å². The van der Waals surface area contributed by atoms with Crippen LogP contribution in [0.4, 0.5) is 0 Å². The van der Waals surface area contributed by atoms with Gasteiger partial charge in [-0.3, -0.25) is 0 Å². The predicted octanol–water partition coefficient (Wildman–Crippen LogP) is 2.39. The van der Waals surface area contributed by atoms with Gasteiger partial charge in [0.15, 0.2) is 0 Å². The van der Waals surface area contributed by atoms with Crippen LogP contribution in [-0.4, -0.2) is 13.2 Å². The van der Waals surface area contributed by atoms with Crippen molar-refractivity contribution in [3.8, 4) is 12.1 Å². The zero-order chi connectivity index (χ0) is 9.78. The van der Waals surface area contributed by atoms with E-state index in [1.165, 1.54) is 0 Å². The van der Waals surface area contributed by atoms with Crippen molar-refractivity contribution in [2.45, 2.75) is 38.5 Å². The molecule has 0 spiro atoms. The average molecular weight is 180 g/mol. The molecule has 0 aromatic rings. The van der Waals surface area contributed by atoms with Crippen LogP contribution in [0, 0.1) is 22.7 Å². The van der Waals surface area contributed by atoms with E-state index in [9.17, 15) is 0 Å². The molecule has 0 radical (unpaired) electrons. The Bertz CT molecular complexity index is 158. The highest BCUT2D eigenvalue weighted by molar-refractivity contribution is 4.68. The van der Waals surface area contributed by atoms with Gasteiger partial charge in [-0.05, 0) is 12.8 Å². The van der Waals surface area contributed by atoms with Crippen LogP contribution in [-0.2, 0) is 4.74 Å². The molecule has 0 heterocycles.